The molecule has 0 radical (unpaired) electrons. The van der Waals surface area contributed by atoms with E-state index >= 15 is 0 Å². The summed E-state index contributed by atoms with van der Waals surface area (Å²) in [6, 6.07) is 11.5. The lowest BCUT2D eigenvalue weighted by Gasteiger charge is -2.28. The van der Waals surface area contributed by atoms with Gasteiger partial charge in [-0.05, 0) is 61.1 Å². The molecule has 0 aliphatic heterocycles. The van der Waals surface area contributed by atoms with Crippen molar-refractivity contribution in [1.29, 1.82) is 0 Å². The van der Waals surface area contributed by atoms with E-state index in [0.717, 1.165) is 30.6 Å². The van der Waals surface area contributed by atoms with Gasteiger partial charge in [-0.2, -0.15) is 0 Å². The van der Waals surface area contributed by atoms with Crippen LogP contribution in [0.2, 0.25) is 0 Å². The number of anilines is 1. The van der Waals surface area contributed by atoms with E-state index in [2.05, 4.69) is 17.4 Å². The molecule has 1 atom stereocenters. The number of halogens is 1. The molecule has 0 fully saturated rings. The molecule has 3 rings (SSSR count). The molecule has 2 nitrogen and oxygen atoms in total. The smallest absolute Gasteiger partial charge is 0.146 e. The molecule has 0 bridgehead atoms. The molecule has 1 unspecified atom stereocenters. The first-order valence-electron chi connectivity index (χ1n) is 7.37. The molecule has 21 heavy (non-hydrogen) atoms. The zero-order valence-electron chi connectivity index (χ0n) is 12.4. The molecule has 0 heterocycles. The van der Waals surface area contributed by atoms with Crippen molar-refractivity contribution >= 4 is 5.69 Å². The van der Waals surface area contributed by atoms with Crippen molar-refractivity contribution in [1.82, 2.24) is 0 Å². The Morgan fingerprint density at radius 2 is 2.10 bits per heavy atom. The quantitative estimate of drug-likeness (QED) is 0.887. The first-order valence-corrected chi connectivity index (χ1v) is 7.37. The molecule has 0 saturated heterocycles. The highest BCUT2D eigenvalue weighted by Gasteiger charge is 2.22. The Balaban J connectivity index is 1.92. The molecule has 3 heteroatoms. The molecule has 0 spiro atoms. The van der Waals surface area contributed by atoms with E-state index < -0.39 is 0 Å². The van der Waals surface area contributed by atoms with Gasteiger partial charge in [0.25, 0.3) is 0 Å². The number of aryl methyl sites for hydroxylation is 2. The third-order valence-corrected chi connectivity index (χ3v) is 4.20. The minimum atomic E-state index is -0.185. The average Bonchev–Trinajstić information content (AvgIpc) is 2.50. The maximum absolute atomic E-state index is 14.0. The Morgan fingerprint density at radius 1 is 1.24 bits per heavy atom. The van der Waals surface area contributed by atoms with Gasteiger partial charge in [0, 0.05) is 0 Å². The molecule has 1 aliphatic carbocycles. The molecule has 2 aromatic rings. The lowest BCUT2D eigenvalue weighted by molar-refractivity contribution is 0.413. The monoisotopic (exact) mass is 285 g/mol. The second-order valence-electron chi connectivity index (χ2n) is 5.59. The lowest BCUT2D eigenvalue weighted by Crippen LogP contribution is -2.18. The van der Waals surface area contributed by atoms with Gasteiger partial charge in [-0.3, -0.25) is 0 Å². The van der Waals surface area contributed by atoms with Crippen LogP contribution in [0.15, 0.2) is 36.4 Å². The number of fused-ring (bicyclic) bond motifs is 1. The zero-order chi connectivity index (χ0) is 14.8. The normalized spacial score (nSPS) is 17.2. The number of hydrogen-bond acceptors (Lipinski definition) is 2. The van der Waals surface area contributed by atoms with E-state index in [4.69, 9.17) is 4.74 Å². The zero-order valence-corrected chi connectivity index (χ0v) is 12.4. The van der Waals surface area contributed by atoms with Crippen LogP contribution in [0.3, 0.4) is 0 Å². The highest BCUT2D eigenvalue weighted by molar-refractivity contribution is 5.54. The van der Waals surface area contributed by atoms with Crippen LogP contribution in [-0.2, 0) is 6.42 Å². The Kier molecular flexibility index (Phi) is 3.82. The van der Waals surface area contributed by atoms with Crippen molar-refractivity contribution in [3.63, 3.8) is 0 Å². The molecular weight excluding hydrogens is 265 g/mol. The largest absolute Gasteiger partial charge is 0.497 e. The number of benzene rings is 2. The molecule has 0 saturated carbocycles. The summed E-state index contributed by atoms with van der Waals surface area (Å²) >= 11 is 0. The fraction of sp³-hybridized carbons (Fsp3) is 0.333. The third kappa shape index (κ3) is 2.73. The van der Waals surface area contributed by atoms with E-state index in [1.165, 1.54) is 17.2 Å². The van der Waals surface area contributed by atoms with E-state index in [-0.39, 0.29) is 11.9 Å². The topological polar surface area (TPSA) is 21.3 Å². The maximum Gasteiger partial charge on any atom is 0.146 e. The van der Waals surface area contributed by atoms with Gasteiger partial charge >= 0.3 is 0 Å². The van der Waals surface area contributed by atoms with E-state index in [1.807, 2.05) is 19.1 Å². The van der Waals surface area contributed by atoms with Crippen LogP contribution in [0.1, 0.15) is 35.6 Å². The summed E-state index contributed by atoms with van der Waals surface area (Å²) in [6.07, 6.45) is 3.18. The van der Waals surface area contributed by atoms with Crippen molar-refractivity contribution in [2.24, 2.45) is 0 Å². The molecule has 1 aliphatic rings. The second-order valence-corrected chi connectivity index (χ2v) is 5.59. The van der Waals surface area contributed by atoms with E-state index in [1.54, 1.807) is 13.2 Å². The van der Waals surface area contributed by atoms with Crippen LogP contribution in [-0.4, -0.2) is 7.11 Å². The molecular formula is C18H20FNO. The standard InChI is InChI=1S/C18H20FNO/c1-12-5-3-7-16(19)18(12)20-17-8-4-6-13-11-14(21-2)9-10-15(13)17/h3,5,7,9-11,17,20H,4,6,8H2,1-2H3. The van der Waals surface area contributed by atoms with Gasteiger partial charge in [-0.25, -0.2) is 4.39 Å². The summed E-state index contributed by atoms with van der Waals surface area (Å²) < 4.78 is 19.3. The van der Waals surface area contributed by atoms with Crippen LogP contribution in [0.25, 0.3) is 0 Å². The van der Waals surface area contributed by atoms with Gasteiger partial charge in [-0.15, -0.1) is 0 Å². The van der Waals surface area contributed by atoms with Gasteiger partial charge < -0.3 is 10.1 Å². The lowest BCUT2D eigenvalue weighted by atomic mass is 9.87. The molecule has 110 valence electrons. The summed E-state index contributed by atoms with van der Waals surface area (Å²) in [5, 5.41) is 3.40. The van der Waals surface area contributed by atoms with Crippen LogP contribution < -0.4 is 10.1 Å². The minimum absolute atomic E-state index is 0.162. The fourth-order valence-electron chi connectivity index (χ4n) is 3.06. The van der Waals surface area contributed by atoms with Gasteiger partial charge in [0.2, 0.25) is 0 Å². The van der Waals surface area contributed by atoms with E-state index in [9.17, 15) is 4.39 Å². The fourth-order valence-corrected chi connectivity index (χ4v) is 3.06. The Morgan fingerprint density at radius 3 is 2.86 bits per heavy atom. The maximum atomic E-state index is 14.0. The molecule has 1 N–H and O–H groups in total. The summed E-state index contributed by atoms with van der Waals surface area (Å²) in [5.74, 6) is 0.701. The summed E-state index contributed by atoms with van der Waals surface area (Å²) in [6.45, 7) is 1.93. The number of methoxy groups -OCH3 is 1. The molecule has 2 aromatic carbocycles. The molecule has 0 amide bonds. The summed E-state index contributed by atoms with van der Waals surface area (Å²) in [4.78, 5) is 0. The van der Waals surface area contributed by atoms with Gasteiger partial charge in [0.15, 0.2) is 0 Å². The Bertz CT molecular complexity index is 633. The van der Waals surface area contributed by atoms with Gasteiger partial charge in [0.05, 0.1) is 18.8 Å². The first-order chi connectivity index (χ1) is 10.2. The van der Waals surface area contributed by atoms with Crippen LogP contribution in [0.5, 0.6) is 5.75 Å². The van der Waals surface area contributed by atoms with Crippen molar-refractivity contribution in [2.75, 3.05) is 12.4 Å². The first kappa shape index (κ1) is 13.9. The second kappa shape index (κ2) is 5.76. The van der Waals surface area contributed by atoms with Crippen molar-refractivity contribution in [3.8, 4) is 5.75 Å². The predicted molar refractivity (Wildman–Crippen MR) is 83.4 cm³/mol. The predicted octanol–water partition coefficient (Wildman–Crippen LogP) is 4.63. The Hall–Kier alpha value is -2.03. The molecule has 0 aromatic heterocycles. The van der Waals surface area contributed by atoms with Gasteiger partial charge in [-0.1, -0.05) is 18.2 Å². The van der Waals surface area contributed by atoms with Crippen molar-refractivity contribution in [3.05, 3.63) is 58.9 Å². The SMILES string of the molecule is COc1ccc2c(c1)CCCC2Nc1c(C)cccc1F. The highest BCUT2D eigenvalue weighted by atomic mass is 19.1. The number of nitrogens with one attached hydrogen (secondary N) is 1. The number of para-hydroxylation sites is 1. The van der Waals surface area contributed by atoms with Crippen molar-refractivity contribution in [2.45, 2.75) is 32.2 Å². The van der Waals surface area contributed by atoms with Gasteiger partial charge in [0.1, 0.15) is 11.6 Å². The average molecular weight is 285 g/mol. The van der Waals surface area contributed by atoms with Crippen LogP contribution in [0, 0.1) is 12.7 Å². The number of hydrogen-bond donors (Lipinski definition) is 1. The number of ether oxygens (including phenoxy) is 1. The Labute approximate surface area is 125 Å². The van der Waals surface area contributed by atoms with Crippen LogP contribution >= 0.6 is 0 Å². The number of rotatable bonds is 3. The summed E-state index contributed by atoms with van der Waals surface area (Å²) in [5.41, 5.74) is 4.11. The minimum Gasteiger partial charge on any atom is -0.497 e. The highest BCUT2D eigenvalue weighted by Crippen LogP contribution is 2.35. The third-order valence-electron chi connectivity index (χ3n) is 4.20. The van der Waals surface area contributed by atoms with E-state index in [0.29, 0.717) is 5.69 Å². The van der Waals surface area contributed by atoms with Crippen molar-refractivity contribution < 1.29 is 9.13 Å². The van der Waals surface area contributed by atoms with Crippen LogP contribution in [0.4, 0.5) is 10.1 Å². The summed E-state index contributed by atoms with van der Waals surface area (Å²) in [7, 11) is 1.68.